The van der Waals surface area contributed by atoms with Crippen molar-refractivity contribution in [2.24, 2.45) is 0 Å². The molecule has 6 nitrogen and oxygen atoms in total. The van der Waals surface area contributed by atoms with E-state index >= 15 is 0 Å². The van der Waals surface area contributed by atoms with Gasteiger partial charge in [0.05, 0.1) is 27.8 Å². The second-order valence-electron chi connectivity index (χ2n) is 5.17. The van der Waals surface area contributed by atoms with Gasteiger partial charge in [-0.05, 0) is 26.8 Å². The zero-order valence-corrected chi connectivity index (χ0v) is 14.5. The summed E-state index contributed by atoms with van der Waals surface area (Å²) in [5.41, 5.74) is 2.96. The van der Waals surface area contributed by atoms with E-state index < -0.39 is 10.0 Å². The lowest BCUT2D eigenvalue weighted by Gasteiger charge is -2.11. The van der Waals surface area contributed by atoms with Gasteiger partial charge < -0.3 is 0 Å². The molecular weight excluding hydrogens is 332 g/mol. The maximum absolute atomic E-state index is 12.7. The Hall–Kier alpha value is -2.19. The Labute approximate surface area is 138 Å². The molecule has 0 saturated heterocycles. The maximum Gasteiger partial charge on any atom is 0.265 e. The average molecular weight is 348 g/mol. The topological polar surface area (TPSA) is 87.7 Å². The lowest BCUT2D eigenvalue weighted by Crippen LogP contribution is -2.15. The van der Waals surface area contributed by atoms with Crippen LogP contribution >= 0.6 is 11.3 Å². The van der Waals surface area contributed by atoms with E-state index in [1.165, 1.54) is 11.3 Å². The SMILES string of the molecule is Cc1nc(-c2ccccc2NS(=O)(=O)c2c(C)n[nH]c2C)cs1. The molecule has 2 heterocycles. The van der Waals surface area contributed by atoms with E-state index in [0.717, 1.165) is 16.3 Å². The third kappa shape index (κ3) is 2.99. The molecule has 0 atom stereocenters. The molecule has 1 aromatic carbocycles. The minimum absolute atomic E-state index is 0.182. The largest absolute Gasteiger partial charge is 0.281 e. The highest BCUT2D eigenvalue weighted by molar-refractivity contribution is 7.92. The number of aromatic amines is 1. The number of nitrogens with one attached hydrogen (secondary N) is 2. The zero-order chi connectivity index (χ0) is 16.6. The van der Waals surface area contributed by atoms with E-state index in [4.69, 9.17) is 0 Å². The fourth-order valence-corrected chi connectivity index (χ4v) is 4.48. The molecule has 0 radical (unpaired) electrons. The summed E-state index contributed by atoms with van der Waals surface area (Å²) in [6.45, 7) is 5.26. The minimum Gasteiger partial charge on any atom is -0.281 e. The van der Waals surface area contributed by atoms with E-state index in [1.807, 2.05) is 24.4 Å². The van der Waals surface area contributed by atoms with Crippen molar-refractivity contribution in [3.63, 3.8) is 0 Å². The van der Waals surface area contributed by atoms with Crippen molar-refractivity contribution in [1.82, 2.24) is 15.2 Å². The molecule has 3 rings (SSSR count). The van der Waals surface area contributed by atoms with Crippen molar-refractivity contribution < 1.29 is 8.42 Å². The first-order valence-electron chi connectivity index (χ1n) is 6.94. The van der Waals surface area contributed by atoms with Crippen LogP contribution in [0.15, 0.2) is 34.5 Å². The van der Waals surface area contributed by atoms with Crippen LogP contribution in [0.2, 0.25) is 0 Å². The van der Waals surface area contributed by atoms with E-state index in [9.17, 15) is 8.42 Å². The fraction of sp³-hybridized carbons (Fsp3) is 0.200. The van der Waals surface area contributed by atoms with E-state index in [1.54, 1.807) is 26.0 Å². The van der Waals surface area contributed by atoms with Crippen molar-refractivity contribution in [3.8, 4) is 11.3 Å². The van der Waals surface area contributed by atoms with Gasteiger partial charge in [0.25, 0.3) is 10.0 Å². The van der Waals surface area contributed by atoms with Crippen LogP contribution in [0.5, 0.6) is 0 Å². The standard InChI is InChI=1S/C15H16N4O2S2/c1-9-15(10(2)18-17-9)23(20,21)19-13-7-5-4-6-12(13)14-8-22-11(3)16-14/h4-8,19H,1-3H3,(H,17,18). The van der Waals surface area contributed by atoms with Gasteiger partial charge in [-0.25, -0.2) is 13.4 Å². The number of benzene rings is 1. The Kier molecular flexibility index (Phi) is 3.95. The number of hydrogen-bond acceptors (Lipinski definition) is 5. The molecule has 0 fully saturated rings. The molecule has 0 aliphatic carbocycles. The molecule has 0 aliphatic heterocycles. The Morgan fingerprint density at radius 2 is 1.91 bits per heavy atom. The first kappa shape index (κ1) is 15.7. The van der Waals surface area contributed by atoms with Crippen molar-refractivity contribution in [2.45, 2.75) is 25.7 Å². The van der Waals surface area contributed by atoms with Crippen molar-refractivity contribution >= 4 is 27.0 Å². The lowest BCUT2D eigenvalue weighted by molar-refractivity contribution is 0.600. The number of para-hydroxylation sites is 1. The van der Waals surface area contributed by atoms with Crippen LogP contribution < -0.4 is 4.72 Å². The molecule has 0 unspecified atom stereocenters. The normalized spacial score (nSPS) is 11.6. The van der Waals surface area contributed by atoms with Gasteiger partial charge in [-0.3, -0.25) is 9.82 Å². The summed E-state index contributed by atoms with van der Waals surface area (Å²) in [5, 5.41) is 9.50. The van der Waals surface area contributed by atoms with Crippen molar-refractivity contribution in [2.75, 3.05) is 4.72 Å². The van der Waals surface area contributed by atoms with Crippen molar-refractivity contribution in [3.05, 3.63) is 46.0 Å². The maximum atomic E-state index is 12.7. The van der Waals surface area contributed by atoms with Crippen LogP contribution in [0, 0.1) is 20.8 Å². The zero-order valence-electron chi connectivity index (χ0n) is 12.9. The summed E-state index contributed by atoms with van der Waals surface area (Å²) < 4.78 is 28.1. The van der Waals surface area contributed by atoms with Gasteiger partial charge in [-0.1, -0.05) is 18.2 Å². The van der Waals surface area contributed by atoms with Gasteiger partial charge in [0.2, 0.25) is 0 Å². The van der Waals surface area contributed by atoms with Gasteiger partial charge >= 0.3 is 0 Å². The highest BCUT2D eigenvalue weighted by Crippen LogP contribution is 2.31. The summed E-state index contributed by atoms with van der Waals surface area (Å²) in [6.07, 6.45) is 0. The quantitative estimate of drug-likeness (QED) is 0.757. The number of rotatable bonds is 4. The molecule has 120 valence electrons. The number of aryl methyl sites for hydroxylation is 3. The molecular formula is C15H16N4O2S2. The van der Waals surface area contributed by atoms with Crippen LogP contribution in [0.25, 0.3) is 11.3 Å². The van der Waals surface area contributed by atoms with Crippen LogP contribution in [0.3, 0.4) is 0 Å². The predicted molar refractivity (Wildman–Crippen MR) is 91.2 cm³/mol. The fourth-order valence-electron chi connectivity index (χ4n) is 2.41. The Morgan fingerprint density at radius 1 is 1.17 bits per heavy atom. The third-order valence-corrected chi connectivity index (χ3v) is 5.80. The molecule has 0 amide bonds. The number of nitrogens with zero attached hydrogens (tertiary/aromatic N) is 2. The van der Waals surface area contributed by atoms with Crippen molar-refractivity contribution in [1.29, 1.82) is 0 Å². The third-order valence-electron chi connectivity index (χ3n) is 3.40. The molecule has 0 aliphatic rings. The highest BCUT2D eigenvalue weighted by Gasteiger charge is 2.23. The second kappa shape index (κ2) is 5.78. The first-order valence-corrected chi connectivity index (χ1v) is 9.30. The molecule has 3 aromatic rings. The summed E-state index contributed by atoms with van der Waals surface area (Å²) >= 11 is 1.53. The van der Waals surface area contributed by atoms with Crippen LogP contribution in [0.4, 0.5) is 5.69 Å². The average Bonchev–Trinajstić information content (AvgIpc) is 3.05. The molecule has 0 spiro atoms. The number of aromatic nitrogens is 3. The number of H-pyrrole nitrogens is 1. The smallest absolute Gasteiger partial charge is 0.265 e. The van der Waals surface area contributed by atoms with Crippen LogP contribution in [-0.2, 0) is 10.0 Å². The minimum atomic E-state index is -3.72. The van der Waals surface area contributed by atoms with Crippen LogP contribution in [0.1, 0.15) is 16.4 Å². The number of sulfonamides is 1. The molecule has 2 aromatic heterocycles. The number of thiazole rings is 1. The molecule has 2 N–H and O–H groups in total. The van der Waals surface area contributed by atoms with Gasteiger partial charge in [0, 0.05) is 10.9 Å². The Balaban J connectivity index is 2.04. The van der Waals surface area contributed by atoms with Gasteiger partial charge in [0.1, 0.15) is 4.90 Å². The summed E-state index contributed by atoms with van der Waals surface area (Å²) in [5.74, 6) is 0. The Bertz CT molecular complexity index is 938. The summed E-state index contributed by atoms with van der Waals surface area (Å²) in [7, 11) is -3.72. The monoisotopic (exact) mass is 348 g/mol. The lowest BCUT2D eigenvalue weighted by atomic mass is 10.1. The molecule has 23 heavy (non-hydrogen) atoms. The van der Waals surface area contributed by atoms with Crippen LogP contribution in [-0.4, -0.2) is 23.6 Å². The van der Waals surface area contributed by atoms with Gasteiger partial charge in [-0.15, -0.1) is 11.3 Å². The second-order valence-corrected chi connectivity index (χ2v) is 7.85. The van der Waals surface area contributed by atoms with Gasteiger partial charge in [-0.2, -0.15) is 5.10 Å². The molecule has 0 bridgehead atoms. The Morgan fingerprint density at radius 3 is 2.52 bits per heavy atom. The summed E-state index contributed by atoms with van der Waals surface area (Å²) in [6, 6.07) is 7.22. The highest BCUT2D eigenvalue weighted by atomic mass is 32.2. The number of hydrogen-bond donors (Lipinski definition) is 2. The predicted octanol–water partition coefficient (Wildman–Crippen LogP) is 3.26. The number of anilines is 1. The summed E-state index contributed by atoms with van der Waals surface area (Å²) in [4.78, 5) is 4.62. The molecule has 8 heteroatoms. The first-order chi connectivity index (χ1) is 10.9. The van der Waals surface area contributed by atoms with E-state index in [2.05, 4.69) is 19.9 Å². The van der Waals surface area contributed by atoms with E-state index in [0.29, 0.717) is 17.1 Å². The van der Waals surface area contributed by atoms with Gasteiger partial charge in [0.15, 0.2) is 0 Å². The van der Waals surface area contributed by atoms with E-state index in [-0.39, 0.29) is 4.90 Å². The molecule has 0 saturated carbocycles.